The van der Waals surface area contributed by atoms with Crippen LogP contribution in [-0.2, 0) is 0 Å². The Morgan fingerprint density at radius 2 is 1.35 bits per heavy atom. The van der Waals surface area contributed by atoms with Crippen molar-refractivity contribution in [1.29, 1.82) is 0 Å². The highest BCUT2D eigenvalue weighted by Gasteiger charge is 2.23. The second kappa shape index (κ2) is 7.38. The Labute approximate surface area is 107 Å². The molecule has 2 aliphatic rings. The Bertz CT molecular complexity index is 191. The van der Waals surface area contributed by atoms with Crippen molar-refractivity contribution in [2.24, 2.45) is 0 Å². The first-order chi connectivity index (χ1) is 8.38. The molecule has 2 aliphatic carbocycles. The van der Waals surface area contributed by atoms with Gasteiger partial charge in [0.2, 0.25) is 0 Å². The number of nitrogens with one attached hydrogen (secondary N) is 2. The summed E-state index contributed by atoms with van der Waals surface area (Å²) in [7, 11) is 0. The van der Waals surface area contributed by atoms with E-state index in [0.717, 1.165) is 18.1 Å². The molecule has 100 valence electrons. The predicted octanol–water partition coefficient (Wildman–Crippen LogP) is 3.22. The van der Waals surface area contributed by atoms with Gasteiger partial charge in [0, 0.05) is 18.1 Å². The molecule has 2 fully saturated rings. The van der Waals surface area contributed by atoms with Gasteiger partial charge in [-0.15, -0.1) is 0 Å². The molecule has 0 atom stereocenters. The third-order valence-electron chi connectivity index (χ3n) is 4.49. The number of hydrogen-bond acceptors (Lipinski definition) is 2. The summed E-state index contributed by atoms with van der Waals surface area (Å²) in [6.07, 6.45) is 14.0. The van der Waals surface area contributed by atoms with Crippen LogP contribution in [0.3, 0.4) is 0 Å². The standard InChI is InChI=1S/C15H30N2/c1-2-12-16-13-8-10-15(11-9-13)17-14-6-4-3-5-7-14/h13-17H,2-12H2,1H3. The van der Waals surface area contributed by atoms with Crippen LogP contribution in [0.15, 0.2) is 0 Å². The summed E-state index contributed by atoms with van der Waals surface area (Å²) in [6.45, 7) is 3.45. The van der Waals surface area contributed by atoms with Crippen molar-refractivity contribution in [3.8, 4) is 0 Å². The van der Waals surface area contributed by atoms with Gasteiger partial charge in [0.1, 0.15) is 0 Å². The maximum absolute atomic E-state index is 3.91. The summed E-state index contributed by atoms with van der Waals surface area (Å²) in [5.74, 6) is 0. The highest BCUT2D eigenvalue weighted by Crippen LogP contribution is 2.23. The highest BCUT2D eigenvalue weighted by molar-refractivity contribution is 4.84. The zero-order chi connectivity index (χ0) is 11.9. The fourth-order valence-electron chi connectivity index (χ4n) is 3.42. The summed E-state index contributed by atoms with van der Waals surface area (Å²) >= 11 is 0. The first kappa shape index (κ1) is 13.4. The van der Waals surface area contributed by atoms with Crippen molar-refractivity contribution < 1.29 is 0 Å². The van der Waals surface area contributed by atoms with Gasteiger partial charge in [0.15, 0.2) is 0 Å². The van der Waals surface area contributed by atoms with Gasteiger partial charge in [-0.05, 0) is 51.5 Å². The molecule has 0 bridgehead atoms. The van der Waals surface area contributed by atoms with E-state index in [-0.39, 0.29) is 0 Å². The highest BCUT2D eigenvalue weighted by atomic mass is 15.0. The van der Waals surface area contributed by atoms with E-state index >= 15 is 0 Å². The van der Waals surface area contributed by atoms with Crippen LogP contribution in [0.2, 0.25) is 0 Å². The fraction of sp³-hybridized carbons (Fsp3) is 1.00. The molecule has 0 aromatic carbocycles. The molecule has 17 heavy (non-hydrogen) atoms. The molecule has 2 rings (SSSR count). The molecule has 2 nitrogen and oxygen atoms in total. The minimum atomic E-state index is 0.805. The lowest BCUT2D eigenvalue weighted by molar-refractivity contribution is 0.263. The van der Waals surface area contributed by atoms with Gasteiger partial charge in [-0.2, -0.15) is 0 Å². The molecule has 0 radical (unpaired) electrons. The quantitative estimate of drug-likeness (QED) is 0.768. The Hall–Kier alpha value is -0.0800. The summed E-state index contributed by atoms with van der Waals surface area (Å²) in [4.78, 5) is 0. The molecule has 0 unspecified atom stereocenters. The average molecular weight is 238 g/mol. The van der Waals surface area contributed by atoms with Gasteiger partial charge >= 0.3 is 0 Å². The molecule has 2 N–H and O–H groups in total. The van der Waals surface area contributed by atoms with Crippen LogP contribution in [0, 0.1) is 0 Å². The molecule has 0 spiro atoms. The topological polar surface area (TPSA) is 24.1 Å². The molecule has 0 aliphatic heterocycles. The zero-order valence-corrected chi connectivity index (χ0v) is 11.5. The maximum Gasteiger partial charge on any atom is 0.00708 e. The van der Waals surface area contributed by atoms with Gasteiger partial charge in [0.25, 0.3) is 0 Å². The van der Waals surface area contributed by atoms with E-state index in [9.17, 15) is 0 Å². The normalized spacial score (nSPS) is 31.6. The summed E-state index contributed by atoms with van der Waals surface area (Å²) < 4.78 is 0. The first-order valence-electron chi connectivity index (χ1n) is 7.88. The van der Waals surface area contributed by atoms with E-state index in [1.54, 1.807) is 0 Å². The first-order valence-corrected chi connectivity index (χ1v) is 7.88. The summed E-state index contributed by atoms with van der Waals surface area (Å²) in [5, 5.41) is 7.57. The van der Waals surface area contributed by atoms with Crippen LogP contribution in [0.25, 0.3) is 0 Å². The summed E-state index contributed by atoms with van der Waals surface area (Å²) in [6, 6.07) is 2.46. The van der Waals surface area contributed by atoms with Crippen molar-refractivity contribution in [3.05, 3.63) is 0 Å². The molecule has 0 heterocycles. The summed E-state index contributed by atoms with van der Waals surface area (Å²) in [5.41, 5.74) is 0. The van der Waals surface area contributed by atoms with Crippen LogP contribution in [-0.4, -0.2) is 24.7 Å². The fourth-order valence-corrected chi connectivity index (χ4v) is 3.42. The van der Waals surface area contributed by atoms with E-state index < -0.39 is 0 Å². The lowest BCUT2D eigenvalue weighted by atomic mass is 9.88. The molecule has 2 saturated carbocycles. The van der Waals surface area contributed by atoms with Gasteiger partial charge in [-0.3, -0.25) is 0 Å². The largest absolute Gasteiger partial charge is 0.314 e. The Kier molecular flexibility index (Phi) is 5.79. The minimum Gasteiger partial charge on any atom is -0.314 e. The van der Waals surface area contributed by atoms with Gasteiger partial charge in [-0.1, -0.05) is 26.2 Å². The van der Waals surface area contributed by atoms with Crippen molar-refractivity contribution in [2.45, 2.75) is 89.3 Å². The van der Waals surface area contributed by atoms with E-state index in [1.807, 2.05) is 0 Å². The third-order valence-corrected chi connectivity index (χ3v) is 4.49. The van der Waals surface area contributed by atoms with E-state index in [1.165, 1.54) is 70.8 Å². The van der Waals surface area contributed by atoms with Crippen LogP contribution in [0.1, 0.15) is 71.1 Å². The monoisotopic (exact) mass is 238 g/mol. The van der Waals surface area contributed by atoms with Gasteiger partial charge < -0.3 is 10.6 Å². The Morgan fingerprint density at radius 3 is 2.00 bits per heavy atom. The Balaban J connectivity index is 1.61. The van der Waals surface area contributed by atoms with Crippen LogP contribution in [0.4, 0.5) is 0 Å². The molecule has 0 aromatic heterocycles. The van der Waals surface area contributed by atoms with Gasteiger partial charge in [0.05, 0.1) is 0 Å². The lowest BCUT2D eigenvalue weighted by Crippen LogP contribution is -2.44. The Morgan fingerprint density at radius 1 is 0.765 bits per heavy atom. The van der Waals surface area contributed by atoms with Crippen molar-refractivity contribution in [3.63, 3.8) is 0 Å². The predicted molar refractivity (Wildman–Crippen MR) is 74.3 cm³/mol. The minimum absolute atomic E-state index is 0.805. The van der Waals surface area contributed by atoms with Crippen molar-refractivity contribution in [2.75, 3.05) is 6.54 Å². The van der Waals surface area contributed by atoms with E-state index in [2.05, 4.69) is 17.6 Å². The van der Waals surface area contributed by atoms with Crippen LogP contribution < -0.4 is 10.6 Å². The van der Waals surface area contributed by atoms with Crippen molar-refractivity contribution in [1.82, 2.24) is 10.6 Å². The smallest absolute Gasteiger partial charge is 0.00708 e. The molecule has 0 aromatic rings. The maximum atomic E-state index is 3.91. The van der Waals surface area contributed by atoms with E-state index in [4.69, 9.17) is 0 Å². The molecule has 0 amide bonds. The second-order valence-corrected chi connectivity index (χ2v) is 6.00. The zero-order valence-electron chi connectivity index (χ0n) is 11.5. The number of rotatable bonds is 5. The lowest BCUT2D eigenvalue weighted by Gasteiger charge is -2.34. The average Bonchev–Trinajstić information content (AvgIpc) is 2.39. The van der Waals surface area contributed by atoms with Crippen LogP contribution in [0.5, 0.6) is 0 Å². The number of hydrogen-bond donors (Lipinski definition) is 2. The molecule has 2 heteroatoms. The molecular formula is C15H30N2. The van der Waals surface area contributed by atoms with Crippen LogP contribution >= 0.6 is 0 Å². The molecular weight excluding hydrogens is 208 g/mol. The second-order valence-electron chi connectivity index (χ2n) is 6.00. The van der Waals surface area contributed by atoms with E-state index in [0.29, 0.717) is 0 Å². The third kappa shape index (κ3) is 4.59. The molecule has 0 saturated heterocycles. The SMILES string of the molecule is CCCNC1CCC(NC2CCCCC2)CC1. The van der Waals surface area contributed by atoms with Crippen molar-refractivity contribution >= 4 is 0 Å². The van der Waals surface area contributed by atoms with Gasteiger partial charge in [-0.25, -0.2) is 0 Å².